The highest BCUT2D eigenvalue weighted by molar-refractivity contribution is 7.18. The quantitative estimate of drug-likeness (QED) is 0.540. The van der Waals surface area contributed by atoms with E-state index in [1.807, 2.05) is 24.3 Å². The van der Waals surface area contributed by atoms with Crippen LogP contribution in [0.25, 0.3) is 0 Å². The number of carbonyl (C=O) groups is 3. The first-order chi connectivity index (χ1) is 15.1. The van der Waals surface area contributed by atoms with Crippen molar-refractivity contribution < 1.29 is 23.5 Å². The summed E-state index contributed by atoms with van der Waals surface area (Å²) in [5, 5.41) is 5.82. The van der Waals surface area contributed by atoms with Crippen LogP contribution >= 0.6 is 11.3 Å². The zero-order chi connectivity index (χ0) is 21.6. The summed E-state index contributed by atoms with van der Waals surface area (Å²) in [4.78, 5) is 38.9. The summed E-state index contributed by atoms with van der Waals surface area (Å²) in [5.74, 6) is -1.31. The zero-order valence-corrected chi connectivity index (χ0v) is 17.4. The Kier molecular flexibility index (Phi) is 6.32. The lowest BCUT2D eigenvalue weighted by Crippen LogP contribution is -2.21. The molecule has 9 heteroatoms. The van der Waals surface area contributed by atoms with Gasteiger partial charge in [0.15, 0.2) is 12.4 Å². The van der Waals surface area contributed by atoms with Crippen molar-refractivity contribution in [1.82, 2.24) is 0 Å². The molecule has 1 fully saturated rings. The summed E-state index contributed by atoms with van der Waals surface area (Å²) in [6.07, 6.45) is 3.80. The van der Waals surface area contributed by atoms with Crippen molar-refractivity contribution in [1.29, 1.82) is 0 Å². The van der Waals surface area contributed by atoms with Crippen LogP contribution in [0.2, 0.25) is 0 Å². The van der Waals surface area contributed by atoms with E-state index in [2.05, 4.69) is 15.5 Å². The van der Waals surface area contributed by atoms with Gasteiger partial charge in [0.2, 0.25) is 0 Å². The number of anilines is 3. The third kappa shape index (κ3) is 5.32. The molecular weight excluding hydrogens is 418 g/mol. The van der Waals surface area contributed by atoms with Gasteiger partial charge >= 0.3 is 5.97 Å². The van der Waals surface area contributed by atoms with Crippen LogP contribution in [0.15, 0.2) is 59.2 Å². The lowest BCUT2D eigenvalue weighted by molar-refractivity contribution is -0.119. The summed E-state index contributed by atoms with van der Waals surface area (Å²) < 4.78 is 10.1. The van der Waals surface area contributed by atoms with Crippen molar-refractivity contribution in [2.75, 3.05) is 35.2 Å². The van der Waals surface area contributed by atoms with Gasteiger partial charge in [0, 0.05) is 24.5 Å². The van der Waals surface area contributed by atoms with E-state index in [1.54, 1.807) is 12.1 Å². The Morgan fingerprint density at radius 1 is 1.00 bits per heavy atom. The molecule has 4 rings (SSSR count). The van der Waals surface area contributed by atoms with Gasteiger partial charge in [-0.25, -0.2) is 4.79 Å². The monoisotopic (exact) mass is 439 g/mol. The number of nitrogens with one attached hydrogen (secondary N) is 2. The molecule has 0 radical (unpaired) electrons. The summed E-state index contributed by atoms with van der Waals surface area (Å²) in [6, 6.07) is 13.9. The second-order valence-corrected chi connectivity index (χ2v) is 8.04. The maximum atomic E-state index is 12.2. The third-order valence-electron chi connectivity index (χ3n) is 4.75. The van der Waals surface area contributed by atoms with Gasteiger partial charge in [0.1, 0.15) is 4.88 Å². The minimum Gasteiger partial charge on any atom is -0.459 e. The fourth-order valence-corrected chi connectivity index (χ4v) is 4.02. The number of rotatable bonds is 7. The van der Waals surface area contributed by atoms with Crippen molar-refractivity contribution in [2.45, 2.75) is 12.8 Å². The summed E-state index contributed by atoms with van der Waals surface area (Å²) in [5.41, 5.74) is 1.78. The van der Waals surface area contributed by atoms with Gasteiger partial charge in [-0.2, -0.15) is 0 Å². The SMILES string of the molecule is O=C(COC(=O)c1ccc(NC(=O)c2ccco2)s1)Nc1ccc(N2CCCC2)cc1. The number of carbonyl (C=O) groups excluding carboxylic acids is 3. The van der Waals surface area contributed by atoms with Gasteiger partial charge in [-0.3, -0.25) is 9.59 Å². The topological polar surface area (TPSA) is 101 Å². The fourth-order valence-electron chi connectivity index (χ4n) is 3.23. The molecule has 1 saturated heterocycles. The highest BCUT2D eigenvalue weighted by Crippen LogP contribution is 2.24. The molecule has 1 aliphatic rings. The summed E-state index contributed by atoms with van der Waals surface area (Å²) in [7, 11) is 0. The lowest BCUT2D eigenvalue weighted by Gasteiger charge is -2.17. The number of esters is 1. The normalized spacial score (nSPS) is 13.1. The Morgan fingerprint density at radius 2 is 1.77 bits per heavy atom. The van der Waals surface area contributed by atoms with Crippen molar-refractivity contribution in [3.63, 3.8) is 0 Å². The molecule has 0 bridgehead atoms. The van der Waals surface area contributed by atoms with Gasteiger partial charge in [0.05, 0.1) is 11.3 Å². The number of amides is 2. The number of benzene rings is 1. The summed E-state index contributed by atoms with van der Waals surface area (Å²) >= 11 is 1.05. The molecule has 0 saturated carbocycles. The molecule has 160 valence electrons. The zero-order valence-electron chi connectivity index (χ0n) is 16.6. The third-order valence-corrected chi connectivity index (χ3v) is 5.73. The first-order valence-electron chi connectivity index (χ1n) is 9.85. The van der Waals surface area contributed by atoms with Gasteiger partial charge in [-0.1, -0.05) is 0 Å². The van der Waals surface area contributed by atoms with E-state index in [4.69, 9.17) is 9.15 Å². The Morgan fingerprint density at radius 3 is 2.48 bits per heavy atom. The average Bonchev–Trinajstić information content (AvgIpc) is 3.55. The highest BCUT2D eigenvalue weighted by atomic mass is 32.1. The van der Waals surface area contributed by atoms with E-state index >= 15 is 0 Å². The lowest BCUT2D eigenvalue weighted by atomic mass is 10.2. The van der Waals surface area contributed by atoms with Crippen molar-refractivity contribution >= 4 is 45.5 Å². The van der Waals surface area contributed by atoms with Crippen molar-refractivity contribution in [3.8, 4) is 0 Å². The number of hydrogen-bond donors (Lipinski definition) is 2. The predicted octanol–water partition coefficient (Wildman–Crippen LogP) is 3.99. The minimum atomic E-state index is -0.636. The molecule has 2 aromatic heterocycles. The Hall–Kier alpha value is -3.59. The predicted molar refractivity (Wildman–Crippen MR) is 118 cm³/mol. The van der Waals surface area contributed by atoms with E-state index in [-0.39, 0.29) is 10.6 Å². The molecule has 0 spiro atoms. The van der Waals surface area contributed by atoms with E-state index in [1.165, 1.54) is 31.2 Å². The number of furan rings is 1. The van der Waals surface area contributed by atoms with Crippen LogP contribution in [0, 0.1) is 0 Å². The van der Waals surface area contributed by atoms with Crippen LogP contribution in [-0.2, 0) is 9.53 Å². The molecule has 0 unspecified atom stereocenters. The Balaban J connectivity index is 1.24. The van der Waals surface area contributed by atoms with Gasteiger partial charge < -0.3 is 24.7 Å². The number of ether oxygens (including phenoxy) is 1. The van der Waals surface area contributed by atoms with Gasteiger partial charge in [0.25, 0.3) is 11.8 Å². The largest absolute Gasteiger partial charge is 0.459 e. The average molecular weight is 439 g/mol. The second-order valence-electron chi connectivity index (χ2n) is 6.96. The van der Waals surface area contributed by atoms with Crippen LogP contribution in [0.4, 0.5) is 16.4 Å². The van der Waals surface area contributed by atoms with Crippen LogP contribution in [0.3, 0.4) is 0 Å². The van der Waals surface area contributed by atoms with Crippen LogP contribution in [0.5, 0.6) is 0 Å². The maximum Gasteiger partial charge on any atom is 0.348 e. The molecule has 2 amide bonds. The maximum absolute atomic E-state index is 12.2. The fraction of sp³-hybridized carbons (Fsp3) is 0.227. The number of thiophene rings is 1. The number of nitrogens with zero attached hydrogens (tertiary/aromatic N) is 1. The molecule has 0 aliphatic carbocycles. The second kappa shape index (κ2) is 9.48. The molecule has 31 heavy (non-hydrogen) atoms. The van der Waals surface area contributed by atoms with Crippen LogP contribution in [0.1, 0.15) is 33.1 Å². The molecule has 1 aromatic carbocycles. The van der Waals surface area contributed by atoms with Crippen LogP contribution in [-0.4, -0.2) is 37.5 Å². The molecule has 8 nitrogen and oxygen atoms in total. The smallest absolute Gasteiger partial charge is 0.348 e. The van der Waals surface area contributed by atoms with E-state index in [9.17, 15) is 14.4 Å². The standard InChI is InChI=1S/C22H21N3O5S/c26-19(23-15-5-7-16(8-6-15)25-11-1-2-12-25)14-30-22(28)18-9-10-20(31-18)24-21(27)17-4-3-13-29-17/h3-10,13H,1-2,11-12,14H2,(H,23,26)(H,24,27). The minimum absolute atomic E-state index is 0.169. The molecular formula is C22H21N3O5S. The molecule has 3 aromatic rings. The van der Waals surface area contributed by atoms with E-state index < -0.39 is 24.4 Å². The number of hydrogen-bond acceptors (Lipinski definition) is 7. The van der Waals surface area contributed by atoms with Gasteiger partial charge in [-0.15, -0.1) is 11.3 Å². The van der Waals surface area contributed by atoms with E-state index in [0.717, 1.165) is 30.1 Å². The van der Waals surface area contributed by atoms with Crippen molar-refractivity contribution in [2.24, 2.45) is 0 Å². The summed E-state index contributed by atoms with van der Waals surface area (Å²) in [6.45, 7) is 1.70. The highest BCUT2D eigenvalue weighted by Gasteiger charge is 2.16. The molecule has 3 heterocycles. The first-order valence-corrected chi connectivity index (χ1v) is 10.7. The molecule has 2 N–H and O–H groups in total. The van der Waals surface area contributed by atoms with Crippen molar-refractivity contribution in [3.05, 3.63) is 65.4 Å². The molecule has 0 atom stereocenters. The first kappa shape index (κ1) is 20.7. The Bertz CT molecular complexity index is 1050. The van der Waals surface area contributed by atoms with Gasteiger partial charge in [-0.05, 0) is 61.4 Å². The van der Waals surface area contributed by atoms with E-state index in [0.29, 0.717) is 10.7 Å². The van der Waals surface area contributed by atoms with Crippen LogP contribution < -0.4 is 15.5 Å². The molecule has 1 aliphatic heterocycles. The Labute approximate surface area is 182 Å².